The van der Waals surface area contributed by atoms with Gasteiger partial charge in [0.05, 0.1) is 5.56 Å². The second-order valence-corrected chi connectivity index (χ2v) is 8.58. The van der Waals surface area contributed by atoms with Crippen molar-refractivity contribution < 1.29 is 28.3 Å². The number of likely N-dealkylation sites (tertiary alicyclic amines) is 1. The number of halogens is 1. The molecule has 9 heteroatoms. The number of carbonyl (C=O) groups excluding carboxylic acids is 4. The molecule has 1 N–H and O–H groups in total. The Hall–Kier alpha value is -3.07. The number of ether oxygens (including phenoxy) is 1. The van der Waals surface area contributed by atoms with Crippen molar-refractivity contribution in [2.45, 2.75) is 46.1 Å². The first-order valence-electron chi connectivity index (χ1n) is 9.89. The van der Waals surface area contributed by atoms with Crippen LogP contribution in [0.15, 0.2) is 24.3 Å². The van der Waals surface area contributed by atoms with E-state index in [1.165, 1.54) is 30.4 Å². The summed E-state index contributed by atoms with van der Waals surface area (Å²) in [5, 5.41) is 3.00. The van der Waals surface area contributed by atoms with Gasteiger partial charge in [-0.25, -0.2) is 9.18 Å². The molecule has 7 nitrogen and oxygen atoms in total. The lowest BCUT2D eigenvalue weighted by atomic mass is 10.1. The summed E-state index contributed by atoms with van der Waals surface area (Å²) in [6.45, 7) is 5.10. The molecule has 0 saturated carbocycles. The molecule has 2 heterocycles. The van der Waals surface area contributed by atoms with Gasteiger partial charge >= 0.3 is 5.97 Å². The van der Waals surface area contributed by atoms with E-state index in [2.05, 4.69) is 5.32 Å². The molecule has 1 fully saturated rings. The zero-order valence-corrected chi connectivity index (χ0v) is 18.3. The molecule has 0 aliphatic carbocycles. The van der Waals surface area contributed by atoms with Gasteiger partial charge in [0.1, 0.15) is 10.8 Å². The topological polar surface area (TPSA) is 92.8 Å². The number of hydrogen-bond donors (Lipinski definition) is 1. The summed E-state index contributed by atoms with van der Waals surface area (Å²) in [5.74, 6) is -2.70. The third kappa shape index (κ3) is 4.99. The number of thiophene rings is 1. The molecule has 1 aromatic carbocycles. The number of esters is 1. The van der Waals surface area contributed by atoms with E-state index in [-0.39, 0.29) is 30.0 Å². The van der Waals surface area contributed by atoms with Crippen LogP contribution in [0.3, 0.4) is 0 Å². The first kappa shape index (κ1) is 22.6. The van der Waals surface area contributed by atoms with Gasteiger partial charge in [0.25, 0.3) is 11.8 Å². The van der Waals surface area contributed by atoms with Crippen LogP contribution in [0.5, 0.6) is 0 Å². The molecule has 3 rings (SSSR count). The van der Waals surface area contributed by atoms with Crippen molar-refractivity contribution in [1.29, 1.82) is 0 Å². The molecule has 0 bridgehead atoms. The third-order valence-electron chi connectivity index (χ3n) is 5.10. The van der Waals surface area contributed by atoms with Crippen LogP contribution in [0.2, 0.25) is 0 Å². The number of carbonyl (C=O) groups is 4. The standard InChI is InChI=1S/C22H23FN2O5S/c1-12-13(2)31-19(24-14(3)26)18(12)22(29)30-17-6-4-5-11-25(21(17)28)20(27)15-7-9-16(23)10-8-15/h7-10,17H,4-6,11H2,1-3H3,(H,24,26). The van der Waals surface area contributed by atoms with Gasteiger partial charge in [-0.3, -0.25) is 19.3 Å². The van der Waals surface area contributed by atoms with Crippen molar-refractivity contribution in [2.75, 3.05) is 11.9 Å². The second kappa shape index (κ2) is 9.38. The fraction of sp³-hybridized carbons (Fsp3) is 0.364. The lowest BCUT2D eigenvalue weighted by Crippen LogP contribution is -2.43. The lowest BCUT2D eigenvalue weighted by Gasteiger charge is -2.23. The van der Waals surface area contributed by atoms with Crippen molar-refractivity contribution >= 4 is 40.0 Å². The van der Waals surface area contributed by atoms with E-state index in [1.54, 1.807) is 6.92 Å². The Bertz CT molecular complexity index is 1030. The lowest BCUT2D eigenvalue weighted by molar-refractivity contribution is -0.137. The molecule has 1 saturated heterocycles. The maximum absolute atomic E-state index is 13.2. The molecule has 1 aromatic heterocycles. The molecule has 1 aliphatic heterocycles. The summed E-state index contributed by atoms with van der Waals surface area (Å²) >= 11 is 1.26. The van der Waals surface area contributed by atoms with Crippen LogP contribution in [0.25, 0.3) is 0 Å². The van der Waals surface area contributed by atoms with Gasteiger partial charge in [0.15, 0.2) is 6.10 Å². The molecule has 0 radical (unpaired) electrons. The summed E-state index contributed by atoms with van der Waals surface area (Å²) in [5.41, 5.74) is 1.06. The monoisotopic (exact) mass is 446 g/mol. The van der Waals surface area contributed by atoms with E-state index < -0.39 is 29.7 Å². The molecular formula is C22H23FN2O5S. The number of anilines is 1. The summed E-state index contributed by atoms with van der Waals surface area (Å²) in [7, 11) is 0. The van der Waals surface area contributed by atoms with Crippen LogP contribution in [0, 0.1) is 19.7 Å². The van der Waals surface area contributed by atoms with Crippen molar-refractivity contribution in [3.63, 3.8) is 0 Å². The Labute approximate surface area is 183 Å². The Balaban J connectivity index is 1.82. The Morgan fingerprint density at radius 1 is 1.16 bits per heavy atom. The van der Waals surface area contributed by atoms with E-state index in [9.17, 15) is 23.6 Å². The highest BCUT2D eigenvalue weighted by molar-refractivity contribution is 7.16. The summed E-state index contributed by atoms with van der Waals surface area (Å²) in [6, 6.07) is 4.93. The quantitative estimate of drug-likeness (QED) is 0.569. The van der Waals surface area contributed by atoms with Gasteiger partial charge in [-0.1, -0.05) is 0 Å². The molecular weight excluding hydrogens is 423 g/mol. The smallest absolute Gasteiger partial charge is 0.342 e. The molecule has 164 valence electrons. The Morgan fingerprint density at radius 3 is 2.48 bits per heavy atom. The predicted octanol–water partition coefficient (Wildman–Crippen LogP) is 3.84. The van der Waals surface area contributed by atoms with Crippen LogP contribution in [-0.2, 0) is 14.3 Å². The van der Waals surface area contributed by atoms with Crippen LogP contribution < -0.4 is 5.32 Å². The number of amides is 3. The summed E-state index contributed by atoms with van der Waals surface area (Å²) in [4.78, 5) is 52.2. The molecule has 31 heavy (non-hydrogen) atoms. The predicted molar refractivity (Wildman–Crippen MR) is 114 cm³/mol. The van der Waals surface area contributed by atoms with Crippen LogP contribution in [-0.4, -0.2) is 41.2 Å². The SMILES string of the molecule is CC(=O)Nc1sc(C)c(C)c1C(=O)OC1CCCCN(C(=O)c2ccc(F)cc2)C1=O. The number of aryl methyl sites for hydroxylation is 1. The molecule has 0 spiro atoms. The maximum Gasteiger partial charge on any atom is 0.342 e. The normalized spacial score (nSPS) is 16.6. The molecule has 3 amide bonds. The third-order valence-corrected chi connectivity index (χ3v) is 6.23. The number of benzene rings is 1. The fourth-order valence-corrected chi connectivity index (χ4v) is 4.47. The number of imide groups is 1. The van der Waals surface area contributed by atoms with E-state index in [0.29, 0.717) is 23.4 Å². The molecule has 2 aromatic rings. The highest BCUT2D eigenvalue weighted by Gasteiger charge is 2.35. The van der Waals surface area contributed by atoms with Crippen molar-refractivity contribution in [3.8, 4) is 0 Å². The van der Waals surface area contributed by atoms with E-state index in [0.717, 1.165) is 21.9 Å². The van der Waals surface area contributed by atoms with Gasteiger partial charge < -0.3 is 10.1 Å². The number of rotatable bonds is 4. The summed E-state index contributed by atoms with van der Waals surface area (Å²) < 4.78 is 18.7. The number of nitrogens with one attached hydrogen (secondary N) is 1. The Kier molecular flexibility index (Phi) is 6.84. The maximum atomic E-state index is 13.2. The van der Waals surface area contributed by atoms with Crippen LogP contribution >= 0.6 is 11.3 Å². The fourth-order valence-electron chi connectivity index (χ4n) is 3.38. The minimum absolute atomic E-state index is 0.180. The molecule has 1 unspecified atom stereocenters. The van der Waals surface area contributed by atoms with Crippen molar-refractivity contribution in [3.05, 3.63) is 51.7 Å². The van der Waals surface area contributed by atoms with E-state index >= 15 is 0 Å². The van der Waals surface area contributed by atoms with Crippen molar-refractivity contribution in [1.82, 2.24) is 4.90 Å². The average molecular weight is 447 g/mol. The minimum atomic E-state index is -1.12. The highest BCUT2D eigenvalue weighted by Crippen LogP contribution is 2.33. The van der Waals surface area contributed by atoms with Gasteiger partial charge in [0, 0.05) is 23.9 Å². The van der Waals surface area contributed by atoms with Crippen LogP contribution in [0.4, 0.5) is 9.39 Å². The number of nitrogens with zero attached hydrogens (tertiary/aromatic N) is 1. The molecule has 1 aliphatic rings. The van der Waals surface area contributed by atoms with Crippen molar-refractivity contribution in [2.24, 2.45) is 0 Å². The largest absolute Gasteiger partial charge is 0.449 e. The number of hydrogen-bond acceptors (Lipinski definition) is 6. The second-order valence-electron chi connectivity index (χ2n) is 7.36. The summed E-state index contributed by atoms with van der Waals surface area (Å²) in [6.07, 6.45) is 0.330. The Morgan fingerprint density at radius 2 is 1.84 bits per heavy atom. The van der Waals surface area contributed by atoms with Gasteiger partial charge in [-0.05, 0) is 62.9 Å². The van der Waals surface area contributed by atoms with Gasteiger partial charge in [0.2, 0.25) is 5.91 Å². The average Bonchev–Trinajstić information content (AvgIpc) is 2.86. The van der Waals surface area contributed by atoms with Gasteiger partial charge in [-0.2, -0.15) is 0 Å². The van der Waals surface area contributed by atoms with Gasteiger partial charge in [-0.15, -0.1) is 11.3 Å². The minimum Gasteiger partial charge on any atom is -0.449 e. The zero-order valence-electron chi connectivity index (χ0n) is 17.5. The first-order valence-corrected chi connectivity index (χ1v) is 10.7. The highest BCUT2D eigenvalue weighted by atomic mass is 32.1. The zero-order chi connectivity index (χ0) is 22.7. The molecule has 1 atom stereocenters. The first-order chi connectivity index (χ1) is 14.7. The van der Waals surface area contributed by atoms with E-state index in [4.69, 9.17) is 4.74 Å². The van der Waals surface area contributed by atoms with E-state index in [1.807, 2.05) is 6.92 Å². The van der Waals surface area contributed by atoms with Crippen LogP contribution in [0.1, 0.15) is 57.3 Å².